The Hall–Kier alpha value is -1.41. The van der Waals surface area contributed by atoms with E-state index in [-0.39, 0.29) is 10.8 Å². The summed E-state index contributed by atoms with van der Waals surface area (Å²) in [7, 11) is -3.56. The molecule has 1 N–H and O–H groups in total. The fourth-order valence-electron chi connectivity index (χ4n) is 2.66. The molecule has 118 valence electrons. The lowest BCUT2D eigenvalue weighted by Crippen LogP contribution is -2.37. The Morgan fingerprint density at radius 1 is 1.24 bits per heavy atom. The number of hydrogen-bond acceptors (Lipinski definition) is 4. The van der Waals surface area contributed by atoms with Crippen LogP contribution in [0.1, 0.15) is 31.2 Å². The summed E-state index contributed by atoms with van der Waals surface area (Å²) < 4.78 is 27.0. The molecule has 0 radical (unpaired) electrons. The Balaban J connectivity index is 2.21. The van der Waals surface area contributed by atoms with E-state index in [1.807, 2.05) is 6.92 Å². The molecule has 0 aromatic carbocycles. The number of aromatic amines is 1. The predicted octanol–water partition coefficient (Wildman–Crippen LogP) is 0.660. The summed E-state index contributed by atoms with van der Waals surface area (Å²) in [6.07, 6.45) is 1.10. The molecule has 1 aliphatic heterocycles. The topological polar surface area (TPSA) is 86.4 Å². The van der Waals surface area contributed by atoms with Gasteiger partial charge in [-0.3, -0.25) is 9.89 Å². The Morgan fingerprint density at radius 2 is 1.95 bits per heavy atom. The first kappa shape index (κ1) is 16.0. The van der Waals surface area contributed by atoms with Crippen LogP contribution in [-0.2, 0) is 14.8 Å². The maximum absolute atomic E-state index is 12.8. The van der Waals surface area contributed by atoms with Gasteiger partial charge < -0.3 is 4.90 Å². The third kappa shape index (κ3) is 3.11. The maximum Gasteiger partial charge on any atom is 0.246 e. The van der Waals surface area contributed by atoms with Crippen molar-refractivity contribution in [2.75, 3.05) is 26.2 Å². The molecule has 0 spiro atoms. The van der Waals surface area contributed by atoms with E-state index in [1.165, 1.54) is 4.31 Å². The van der Waals surface area contributed by atoms with Crippen molar-refractivity contribution in [3.8, 4) is 0 Å². The largest absolute Gasteiger partial charge is 0.341 e. The van der Waals surface area contributed by atoms with Gasteiger partial charge in [-0.15, -0.1) is 0 Å². The van der Waals surface area contributed by atoms with Gasteiger partial charge in [-0.1, -0.05) is 6.92 Å². The number of aryl methyl sites for hydroxylation is 2. The van der Waals surface area contributed by atoms with Gasteiger partial charge in [0.2, 0.25) is 15.9 Å². The Bertz CT molecular complexity index is 604. The summed E-state index contributed by atoms with van der Waals surface area (Å²) >= 11 is 0. The van der Waals surface area contributed by atoms with Gasteiger partial charge in [0.25, 0.3) is 0 Å². The number of aromatic nitrogens is 2. The molecule has 1 amide bonds. The van der Waals surface area contributed by atoms with Crippen LogP contribution in [0.3, 0.4) is 0 Å². The highest BCUT2D eigenvalue weighted by Crippen LogP contribution is 2.22. The Kier molecular flexibility index (Phi) is 4.67. The monoisotopic (exact) mass is 314 g/mol. The fraction of sp³-hybridized carbons (Fsp3) is 0.692. The van der Waals surface area contributed by atoms with Gasteiger partial charge in [-0.2, -0.15) is 9.40 Å². The third-order valence-corrected chi connectivity index (χ3v) is 5.93. The zero-order chi connectivity index (χ0) is 15.6. The highest BCUT2D eigenvalue weighted by molar-refractivity contribution is 7.89. The number of H-pyrrole nitrogens is 1. The van der Waals surface area contributed by atoms with Crippen molar-refractivity contribution in [2.45, 2.75) is 38.5 Å². The van der Waals surface area contributed by atoms with E-state index in [1.54, 1.807) is 18.7 Å². The molecule has 1 saturated heterocycles. The molecule has 0 saturated carbocycles. The van der Waals surface area contributed by atoms with E-state index in [2.05, 4.69) is 10.2 Å². The van der Waals surface area contributed by atoms with Crippen LogP contribution in [0.4, 0.5) is 0 Å². The number of amides is 1. The van der Waals surface area contributed by atoms with Crippen LogP contribution in [0, 0.1) is 13.8 Å². The van der Waals surface area contributed by atoms with Gasteiger partial charge in [0, 0.05) is 32.6 Å². The van der Waals surface area contributed by atoms with E-state index < -0.39 is 10.0 Å². The molecule has 2 heterocycles. The summed E-state index contributed by atoms with van der Waals surface area (Å²) in [6.45, 7) is 7.03. The summed E-state index contributed by atoms with van der Waals surface area (Å²) in [6, 6.07) is 0. The molecule has 1 fully saturated rings. The van der Waals surface area contributed by atoms with E-state index in [9.17, 15) is 13.2 Å². The number of sulfonamides is 1. The number of nitrogens with zero attached hydrogens (tertiary/aromatic N) is 3. The van der Waals surface area contributed by atoms with Crippen LogP contribution in [-0.4, -0.2) is 59.9 Å². The lowest BCUT2D eigenvalue weighted by Gasteiger charge is -2.21. The van der Waals surface area contributed by atoms with Crippen molar-refractivity contribution < 1.29 is 13.2 Å². The molecule has 0 aliphatic carbocycles. The van der Waals surface area contributed by atoms with Crippen LogP contribution in [0.5, 0.6) is 0 Å². The quantitative estimate of drug-likeness (QED) is 0.888. The van der Waals surface area contributed by atoms with Crippen molar-refractivity contribution in [1.82, 2.24) is 19.4 Å². The lowest BCUT2D eigenvalue weighted by molar-refractivity contribution is -0.130. The van der Waals surface area contributed by atoms with Gasteiger partial charge in [0.05, 0.1) is 11.4 Å². The molecule has 8 heteroatoms. The zero-order valence-electron chi connectivity index (χ0n) is 12.7. The molecule has 0 bridgehead atoms. The van der Waals surface area contributed by atoms with Crippen molar-refractivity contribution in [3.05, 3.63) is 11.4 Å². The van der Waals surface area contributed by atoms with Crippen molar-refractivity contribution >= 4 is 15.9 Å². The minimum absolute atomic E-state index is 0.0740. The third-order valence-electron chi connectivity index (χ3n) is 3.77. The zero-order valence-corrected chi connectivity index (χ0v) is 13.5. The number of carbonyl (C=O) groups excluding carboxylic acids is 1. The second-order valence-corrected chi connectivity index (χ2v) is 7.13. The molecule has 2 rings (SSSR count). The predicted molar refractivity (Wildman–Crippen MR) is 78.3 cm³/mol. The molecule has 1 aromatic heterocycles. The van der Waals surface area contributed by atoms with Crippen LogP contribution in [0.2, 0.25) is 0 Å². The summed E-state index contributed by atoms with van der Waals surface area (Å²) in [5.74, 6) is 0.0740. The number of carbonyl (C=O) groups is 1. The number of rotatable bonds is 3. The summed E-state index contributed by atoms with van der Waals surface area (Å²) in [5.41, 5.74) is 1.04. The second-order valence-electron chi connectivity index (χ2n) is 5.26. The highest BCUT2D eigenvalue weighted by atomic mass is 32.2. The number of nitrogens with one attached hydrogen (secondary N) is 1. The van der Waals surface area contributed by atoms with Crippen molar-refractivity contribution in [1.29, 1.82) is 0 Å². The Labute approximate surface area is 125 Å². The molecule has 21 heavy (non-hydrogen) atoms. The molecular weight excluding hydrogens is 292 g/mol. The fourth-order valence-corrected chi connectivity index (χ4v) is 4.46. The average Bonchev–Trinajstić information content (AvgIpc) is 2.68. The van der Waals surface area contributed by atoms with Crippen molar-refractivity contribution in [3.63, 3.8) is 0 Å². The maximum atomic E-state index is 12.8. The van der Waals surface area contributed by atoms with Crippen LogP contribution < -0.4 is 0 Å². The first-order chi connectivity index (χ1) is 9.87. The smallest absolute Gasteiger partial charge is 0.246 e. The van der Waals surface area contributed by atoms with Crippen LogP contribution >= 0.6 is 0 Å². The van der Waals surface area contributed by atoms with Gasteiger partial charge in [-0.25, -0.2) is 8.42 Å². The molecule has 7 nitrogen and oxygen atoms in total. The van der Waals surface area contributed by atoms with Gasteiger partial charge in [-0.05, 0) is 20.3 Å². The summed E-state index contributed by atoms with van der Waals surface area (Å²) in [4.78, 5) is 13.8. The summed E-state index contributed by atoms with van der Waals surface area (Å²) in [5, 5.41) is 6.68. The van der Waals surface area contributed by atoms with E-state index >= 15 is 0 Å². The van der Waals surface area contributed by atoms with Gasteiger partial charge in [0.1, 0.15) is 4.90 Å². The van der Waals surface area contributed by atoms with Crippen LogP contribution in [0.25, 0.3) is 0 Å². The SMILES string of the molecule is CCC(=O)N1CCCN(S(=O)(=O)c2c(C)n[nH]c2C)CC1. The van der Waals surface area contributed by atoms with E-state index in [4.69, 9.17) is 0 Å². The molecule has 1 aromatic rings. The first-order valence-electron chi connectivity index (χ1n) is 7.17. The minimum Gasteiger partial charge on any atom is -0.341 e. The minimum atomic E-state index is -3.56. The molecule has 0 atom stereocenters. The second kappa shape index (κ2) is 6.15. The van der Waals surface area contributed by atoms with Crippen LogP contribution in [0.15, 0.2) is 4.90 Å². The molecule has 0 unspecified atom stereocenters. The Morgan fingerprint density at radius 3 is 2.52 bits per heavy atom. The molecule has 1 aliphatic rings. The average molecular weight is 314 g/mol. The normalized spacial score (nSPS) is 17.8. The standard InChI is InChI=1S/C13H22N4O3S/c1-4-12(18)16-6-5-7-17(9-8-16)21(19,20)13-10(2)14-15-11(13)3/h4-9H2,1-3H3,(H,14,15). The van der Waals surface area contributed by atoms with Gasteiger partial charge in [0.15, 0.2) is 0 Å². The lowest BCUT2D eigenvalue weighted by atomic mass is 10.3. The highest BCUT2D eigenvalue weighted by Gasteiger charge is 2.31. The van der Waals surface area contributed by atoms with E-state index in [0.29, 0.717) is 50.4 Å². The van der Waals surface area contributed by atoms with Crippen molar-refractivity contribution in [2.24, 2.45) is 0 Å². The van der Waals surface area contributed by atoms with Gasteiger partial charge >= 0.3 is 0 Å². The first-order valence-corrected chi connectivity index (χ1v) is 8.61. The number of hydrogen-bond donors (Lipinski definition) is 1. The van der Waals surface area contributed by atoms with E-state index in [0.717, 1.165) is 0 Å². The molecular formula is C13H22N4O3S.